The van der Waals surface area contributed by atoms with Gasteiger partial charge in [0.15, 0.2) is 0 Å². The van der Waals surface area contributed by atoms with E-state index in [1.165, 1.54) is 0 Å². The van der Waals surface area contributed by atoms with E-state index in [0.29, 0.717) is 6.54 Å². The van der Waals surface area contributed by atoms with Crippen molar-refractivity contribution in [2.24, 2.45) is 0 Å². The fourth-order valence-corrected chi connectivity index (χ4v) is 2.61. The number of phenolic OH excluding ortho intramolecular Hbond substituents is 1. The molecule has 0 saturated heterocycles. The summed E-state index contributed by atoms with van der Waals surface area (Å²) in [6.45, 7) is 0.551. The predicted octanol–water partition coefficient (Wildman–Crippen LogP) is 2.06. The molecule has 2 rings (SSSR count). The topological polar surface area (TPSA) is 81.6 Å². The molecule has 2 atom stereocenters. The average Bonchev–Trinajstić information content (AvgIpc) is 2.39. The molecule has 1 aromatic carbocycles. The van der Waals surface area contributed by atoms with Crippen molar-refractivity contribution in [3.05, 3.63) is 29.8 Å². The van der Waals surface area contributed by atoms with Crippen LogP contribution in [0.1, 0.15) is 31.2 Å². The van der Waals surface area contributed by atoms with E-state index in [9.17, 15) is 9.90 Å². The van der Waals surface area contributed by atoms with Crippen LogP contribution < -0.4 is 10.6 Å². The van der Waals surface area contributed by atoms with Crippen LogP contribution in [-0.4, -0.2) is 28.4 Å². The highest BCUT2D eigenvalue weighted by atomic mass is 16.4. The Labute approximate surface area is 112 Å². The van der Waals surface area contributed by atoms with Crippen LogP contribution in [0.5, 0.6) is 5.75 Å². The summed E-state index contributed by atoms with van der Waals surface area (Å²) in [6.07, 6.45) is 3.01. The van der Waals surface area contributed by atoms with Gasteiger partial charge in [-0.3, -0.25) is 0 Å². The van der Waals surface area contributed by atoms with Gasteiger partial charge in [-0.2, -0.15) is 0 Å². The molecule has 1 aromatic rings. The maximum atomic E-state index is 10.8. The third-order valence-corrected chi connectivity index (χ3v) is 3.62. The third-order valence-electron chi connectivity index (χ3n) is 3.62. The molecular weight excluding hydrogens is 244 g/mol. The lowest BCUT2D eigenvalue weighted by molar-refractivity contribution is 0.179. The number of hydrogen-bond donors (Lipinski definition) is 4. The summed E-state index contributed by atoms with van der Waals surface area (Å²) in [6, 6.07) is 7.27. The van der Waals surface area contributed by atoms with Crippen molar-refractivity contribution >= 4 is 6.09 Å². The number of nitrogens with one attached hydrogen (secondary N) is 2. The van der Waals surface area contributed by atoms with Crippen molar-refractivity contribution in [1.82, 2.24) is 10.6 Å². The summed E-state index contributed by atoms with van der Waals surface area (Å²) in [5, 5.41) is 24.5. The van der Waals surface area contributed by atoms with Crippen molar-refractivity contribution in [2.75, 3.05) is 0 Å². The Hall–Kier alpha value is -1.75. The van der Waals surface area contributed by atoms with Crippen molar-refractivity contribution < 1.29 is 15.0 Å². The smallest absolute Gasteiger partial charge is 0.404 e. The normalized spacial score (nSPS) is 22.9. The zero-order valence-electron chi connectivity index (χ0n) is 10.8. The second-order valence-electron chi connectivity index (χ2n) is 4.96. The molecule has 104 valence electrons. The highest BCUT2D eigenvalue weighted by molar-refractivity contribution is 5.65. The van der Waals surface area contributed by atoms with Gasteiger partial charge in [-0.25, -0.2) is 4.79 Å². The molecule has 0 heterocycles. The molecule has 5 heteroatoms. The Morgan fingerprint density at radius 3 is 2.58 bits per heavy atom. The van der Waals surface area contributed by atoms with Gasteiger partial charge < -0.3 is 20.8 Å². The Balaban J connectivity index is 1.92. The molecule has 0 spiro atoms. The fourth-order valence-electron chi connectivity index (χ4n) is 2.61. The molecule has 1 aliphatic rings. The molecule has 0 bridgehead atoms. The van der Waals surface area contributed by atoms with Gasteiger partial charge in [-0.15, -0.1) is 0 Å². The molecular formula is C14H20N2O3. The van der Waals surface area contributed by atoms with E-state index in [1.807, 2.05) is 12.1 Å². The van der Waals surface area contributed by atoms with Crippen molar-refractivity contribution in [2.45, 2.75) is 44.3 Å². The van der Waals surface area contributed by atoms with Crippen LogP contribution in [0, 0.1) is 0 Å². The number of benzene rings is 1. The first kappa shape index (κ1) is 13.7. The van der Waals surface area contributed by atoms with Crippen LogP contribution in [0.2, 0.25) is 0 Å². The van der Waals surface area contributed by atoms with Gasteiger partial charge in [0.1, 0.15) is 5.75 Å². The first-order valence-electron chi connectivity index (χ1n) is 6.66. The van der Waals surface area contributed by atoms with Gasteiger partial charge >= 0.3 is 6.09 Å². The minimum atomic E-state index is -0.971. The molecule has 1 amide bonds. The zero-order valence-corrected chi connectivity index (χ0v) is 10.8. The molecule has 19 heavy (non-hydrogen) atoms. The van der Waals surface area contributed by atoms with Crippen LogP contribution >= 0.6 is 0 Å². The number of carbonyl (C=O) groups is 1. The van der Waals surface area contributed by atoms with Gasteiger partial charge in [0, 0.05) is 24.2 Å². The van der Waals surface area contributed by atoms with Gasteiger partial charge in [-0.05, 0) is 18.9 Å². The zero-order chi connectivity index (χ0) is 13.7. The number of phenols is 1. The first-order chi connectivity index (χ1) is 9.16. The van der Waals surface area contributed by atoms with Crippen molar-refractivity contribution in [3.63, 3.8) is 0 Å². The van der Waals surface area contributed by atoms with E-state index in [2.05, 4.69) is 10.6 Å². The summed E-state index contributed by atoms with van der Waals surface area (Å²) in [7, 11) is 0. The lowest BCUT2D eigenvalue weighted by Crippen LogP contribution is -2.51. The van der Waals surface area contributed by atoms with E-state index in [4.69, 9.17) is 5.11 Å². The van der Waals surface area contributed by atoms with Gasteiger partial charge in [-0.1, -0.05) is 31.0 Å². The summed E-state index contributed by atoms with van der Waals surface area (Å²) in [4.78, 5) is 10.8. The molecule has 0 aliphatic heterocycles. The van der Waals surface area contributed by atoms with E-state index in [1.54, 1.807) is 12.1 Å². The van der Waals surface area contributed by atoms with E-state index in [-0.39, 0.29) is 17.8 Å². The van der Waals surface area contributed by atoms with E-state index >= 15 is 0 Å². The van der Waals surface area contributed by atoms with Crippen LogP contribution in [0.3, 0.4) is 0 Å². The van der Waals surface area contributed by atoms with Crippen LogP contribution in [0.25, 0.3) is 0 Å². The number of aromatic hydroxyl groups is 1. The Kier molecular flexibility index (Phi) is 4.63. The van der Waals surface area contributed by atoms with Crippen LogP contribution in [-0.2, 0) is 6.54 Å². The quantitative estimate of drug-likeness (QED) is 0.671. The number of para-hydroxylation sites is 1. The number of rotatable bonds is 4. The standard InChI is InChI=1S/C14H20N2O3/c17-13-8-4-1-5-10(13)9-15-11-6-2-3-7-12(11)16-14(18)19/h1,4-5,8,11-12,15-17H,2-3,6-7,9H2,(H,18,19)/t11-,12-/m0/s1. The highest BCUT2D eigenvalue weighted by Crippen LogP contribution is 2.20. The molecule has 5 nitrogen and oxygen atoms in total. The molecule has 1 aliphatic carbocycles. The summed E-state index contributed by atoms with van der Waals surface area (Å²) in [5.41, 5.74) is 0.835. The summed E-state index contributed by atoms with van der Waals surface area (Å²) < 4.78 is 0. The van der Waals surface area contributed by atoms with E-state index < -0.39 is 6.09 Å². The average molecular weight is 264 g/mol. The monoisotopic (exact) mass is 264 g/mol. The molecule has 0 radical (unpaired) electrons. The molecule has 1 fully saturated rings. The van der Waals surface area contributed by atoms with Gasteiger partial charge in [0.05, 0.1) is 0 Å². The van der Waals surface area contributed by atoms with Crippen molar-refractivity contribution in [3.8, 4) is 5.75 Å². The number of carboxylic acid groups (broad SMARTS) is 1. The van der Waals surface area contributed by atoms with Crippen LogP contribution in [0.4, 0.5) is 4.79 Å². The summed E-state index contributed by atoms with van der Waals surface area (Å²) >= 11 is 0. The highest BCUT2D eigenvalue weighted by Gasteiger charge is 2.25. The maximum Gasteiger partial charge on any atom is 0.404 e. The van der Waals surface area contributed by atoms with Crippen LogP contribution in [0.15, 0.2) is 24.3 Å². The van der Waals surface area contributed by atoms with Gasteiger partial charge in [0.2, 0.25) is 0 Å². The molecule has 4 N–H and O–H groups in total. The SMILES string of the molecule is O=C(O)N[C@H]1CCCC[C@@H]1NCc1ccccc1O. The largest absolute Gasteiger partial charge is 0.508 e. The minimum Gasteiger partial charge on any atom is -0.508 e. The lowest BCUT2D eigenvalue weighted by Gasteiger charge is -2.32. The predicted molar refractivity (Wildman–Crippen MR) is 72.2 cm³/mol. The molecule has 0 aromatic heterocycles. The van der Waals surface area contributed by atoms with Gasteiger partial charge in [0.25, 0.3) is 0 Å². The lowest BCUT2D eigenvalue weighted by atomic mass is 9.90. The summed E-state index contributed by atoms with van der Waals surface area (Å²) in [5.74, 6) is 0.272. The fraction of sp³-hybridized carbons (Fsp3) is 0.500. The second kappa shape index (κ2) is 6.43. The Morgan fingerprint density at radius 2 is 1.89 bits per heavy atom. The van der Waals surface area contributed by atoms with Crippen molar-refractivity contribution in [1.29, 1.82) is 0 Å². The Morgan fingerprint density at radius 1 is 1.21 bits per heavy atom. The number of hydrogen-bond acceptors (Lipinski definition) is 3. The number of amides is 1. The Bertz CT molecular complexity index is 436. The second-order valence-corrected chi connectivity index (χ2v) is 4.96. The minimum absolute atomic E-state index is 0.0443. The van der Waals surface area contributed by atoms with E-state index in [0.717, 1.165) is 31.2 Å². The third kappa shape index (κ3) is 3.86. The maximum absolute atomic E-state index is 10.8. The molecule has 1 saturated carbocycles. The first-order valence-corrected chi connectivity index (χ1v) is 6.66. The molecule has 0 unspecified atom stereocenters.